The van der Waals surface area contributed by atoms with E-state index in [1.54, 1.807) is 13.1 Å². The van der Waals surface area contributed by atoms with Gasteiger partial charge in [0.25, 0.3) is 0 Å². The van der Waals surface area contributed by atoms with Crippen molar-refractivity contribution in [1.29, 1.82) is 0 Å². The molecule has 1 heterocycles. The van der Waals surface area contributed by atoms with Gasteiger partial charge in [0.2, 0.25) is 0 Å². The molecule has 2 nitrogen and oxygen atoms in total. The van der Waals surface area contributed by atoms with Crippen LogP contribution < -0.4 is 0 Å². The van der Waals surface area contributed by atoms with Gasteiger partial charge in [0.15, 0.2) is 11.7 Å². The Balaban J connectivity index is 2.87. The van der Waals surface area contributed by atoms with Crippen molar-refractivity contribution in [1.82, 2.24) is 4.98 Å². The highest BCUT2D eigenvalue weighted by atomic mass is 16.4. The van der Waals surface area contributed by atoms with E-state index in [-0.39, 0.29) is 0 Å². The molecule has 0 fully saturated rings. The first kappa shape index (κ1) is 7.87. The van der Waals surface area contributed by atoms with Gasteiger partial charge in [-0.15, -0.1) is 0 Å². The molecule has 0 saturated heterocycles. The molecule has 0 aliphatic carbocycles. The van der Waals surface area contributed by atoms with Crippen LogP contribution in [0.4, 0.5) is 0 Å². The van der Waals surface area contributed by atoms with E-state index in [2.05, 4.69) is 16.8 Å². The molecule has 0 N–H and O–H groups in total. The van der Waals surface area contributed by atoms with E-state index in [9.17, 15) is 0 Å². The number of oxazole rings is 1. The highest BCUT2D eigenvalue weighted by Crippen LogP contribution is 2.12. The molecule has 1 aromatic rings. The molecule has 0 unspecified atom stereocenters. The topological polar surface area (TPSA) is 26.0 Å². The van der Waals surface area contributed by atoms with Gasteiger partial charge in [0, 0.05) is 5.92 Å². The summed E-state index contributed by atoms with van der Waals surface area (Å²) in [6, 6.07) is 0. The lowest BCUT2D eigenvalue weighted by Crippen LogP contribution is -1.84. The molecule has 0 spiro atoms. The van der Waals surface area contributed by atoms with Crippen molar-refractivity contribution in [3.63, 3.8) is 0 Å². The first-order chi connectivity index (χ1) is 5.24. The van der Waals surface area contributed by atoms with Gasteiger partial charge in [0.1, 0.15) is 0 Å². The van der Waals surface area contributed by atoms with Crippen molar-refractivity contribution >= 4 is 0 Å². The molecular weight excluding hydrogens is 138 g/mol. The molecule has 0 saturated carbocycles. The Bertz CT molecular complexity index is 288. The zero-order valence-corrected chi connectivity index (χ0v) is 7.01. The molecule has 0 radical (unpaired) electrons. The summed E-state index contributed by atoms with van der Waals surface area (Å²) in [5.74, 6) is 7.29. The summed E-state index contributed by atoms with van der Waals surface area (Å²) in [6.07, 6.45) is 1.66. The minimum absolute atomic E-state index is 0.336. The Morgan fingerprint density at radius 1 is 1.55 bits per heavy atom. The number of rotatable bonds is 1. The summed E-state index contributed by atoms with van der Waals surface area (Å²) in [4.78, 5) is 4.07. The van der Waals surface area contributed by atoms with Crippen molar-refractivity contribution < 1.29 is 4.42 Å². The highest BCUT2D eigenvalue weighted by molar-refractivity contribution is 5.21. The Labute approximate surface area is 66.6 Å². The van der Waals surface area contributed by atoms with E-state index in [1.165, 1.54) is 0 Å². The first-order valence-corrected chi connectivity index (χ1v) is 3.62. The normalized spacial score (nSPS) is 9.45. The van der Waals surface area contributed by atoms with Gasteiger partial charge in [0.05, 0.1) is 6.20 Å². The Morgan fingerprint density at radius 3 is 2.73 bits per heavy atom. The Hall–Kier alpha value is -1.23. The lowest BCUT2D eigenvalue weighted by molar-refractivity contribution is 0.463. The monoisotopic (exact) mass is 149 g/mol. The molecule has 58 valence electrons. The van der Waals surface area contributed by atoms with Crippen molar-refractivity contribution in [2.24, 2.45) is 0 Å². The highest BCUT2D eigenvalue weighted by Gasteiger charge is 2.04. The average molecular weight is 149 g/mol. The van der Waals surface area contributed by atoms with Crippen molar-refractivity contribution in [3.8, 4) is 11.8 Å². The maximum absolute atomic E-state index is 5.30. The predicted molar refractivity (Wildman–Crippen MR) is 43.1 cm³/mol. The summed E-state index contributed by atoms with van der Waals surface area (Å²) in [5.41, 5.74) is 0. The number of nitrogens with zero attached hydrogens (tertiary/aromatic N) is 1. The second-order valence-corrected chi connectivity index (χ2v) is 2.59. The van der Waals surface area contributed by atoms with E-state index in [1.807, 2.05) is 13.8 Å². The quantitative estimate of drug-likeness (QED) is 0.572. The lowest BCUT2D eigenvalue weighted by Gasteiger charge is -1.93. The molecule has 11 heavy (non-hydrogen) atoms. The van der Waals surface area contributed by atoms with Crippen LogP contribution in [-0.2, 0) is 0 Å². The van der Waals surface area contributed by atoms with Crippen molar-refractivity contribution in [2.45, 2.75) is 26.7 Å². The third kappa shape index (κ3) is 1.84. The van der Waals surface area contributed by atoms with Crippen molar-refractivity contribution in [3.05, 3.63) is 17.8 Å². The molecule has 0 aliphatic heterocycles. The molecular formula is C9H11NO. The van der Waals surface area contributed by atoms with Gasteiger partial charge in [-0.25, -0.2) is 4.98 Å². The number of hydrogen-bond acceptors (Lipinski definition) is 2. The van der Waals surface area contributed by atoms with E-state index in [0.29, 0.717) is 11.7 Å². The van der Waals surface area contributed by atoms with Crippen LogP contribution in [0, 0.1) is 11.8 Å². The molecule has 0 bridgehead atoms. The minimum atomic E-state index is 0.336. The van der Waals surface area contributed by atoms with E-state index >= 15 is 0 Å². The first-order valence-electron chi connectivity index (χ1n) is 3.62. The fourth-order valence-electron chi connectivity index (χ4n) is 0.736. The molecule has 0 aromatic carbocycles. The average Bonchev–Trinajstić information content (AvgIpc) is 2.37. The van der Waals surface area contributed by atoms with Gasteiger partial charge in [-0.05, 0) is 12.8 Å². The van der Waals surface area contributed by atoms with Gasteiger partial charge in [-0.3, -0.25) is 0 Å². The van der Waals surface area contributed by atoms with Gasteiger partial charge in [-0.2, -0.15) is 0 Å². The van der Waals surface area contributed by atoms with E-state index < -0.39 is 0 Å². The van der Waals surface area contributed by atoms with Gasteiger partial charge >= 0.3 is 0 Å². The molecule has 0 amide bonds. The van der Waals surface area contributed by atoms with Crippen LogP contribution in [0.15, 0.2) is 10.6 Å². The van der Waals surface area contributed by atoms with Crippen LogP contribution in [0.5, 0.6) is 0 Å². The minimum Gasteiger partial charge on any atom is -0.432 e. The van der Waals surface area contributed by atoms with Gasteiger partial charge < -0.3 is 4.42 Å². The van der Waals surface area contributed by atoms with Crippen LogP contribution in [0.1, 0.15) is 38.3 Å². The van der Waals surface area contributed by atoms with Crippen LogP contribution in [0.3, 0.4) is 0 Å². The van der Waals surface area contributed by atoms with Crippen LogP contribution in [0.2, 0.25) is 0 Å². The molecule has 0 atom stereocenters. The maximum Gasteiger partial charge on any atom is 0.198 e. The van der Waals surface area contributed by atoms with Crippen LogP contribution in [0.25, 0.3) is 0 Å². The zero-order valence-electron chi connectivity index (χ0n) is 7.01. The predicted octanol–water partition coefficient (Wildman–Crippen LogP) is 2.17. The third-order valence-corrected chi connectivity index (χ3v) is 1.27. The fourth-order valence-corrected chi connectivity index (χ4v) is 0.736. The Morgan fingerprint density at radius 2 is 2.27 bits per heavy atom. The second-order valence-electron chi connectivity index (χ2n) is 2.59. The fraction of sp³-hybridized carbons (Fsp3) is 0.444. The van der Waals surface area contributed by atoms with E-state index in [4.69, 9.17) is 4.42 Å². The largest absolute Gasteiger partial charge is 0.432 e. The van der Waals surface area contributed by atoms with Crippen molar-refractivity contribution in [2.75, 3.05) is 0 Å². The molecule has 1 rings (SSSR count). The number of aromatic nitrogens is 1. The summed E-state index contributed by atoms with van der Waals surface area (Å²) < 4.78 is 5.30. The maximum atomic E-state index is 5.30. The summed E-state index contributed by atoms with van der Waals surface area (Å²) >= 11 is 0. The third-order valence-electron chi connectivity index (χ3n) is 1.27. The summed E-state index contributed by atoms with van der Waals surface area (Å²) in [5, 5.41) is 0. The smallest absolute Gasteiger partial charge is 0.198 e. The van der Waals surface area contributed by atoms with Crippen LogP contribution in [-0.4, -0.2) is 4.98 Å². The molecule has 2 heteroatoms. The summed E-state index contributed by atoms with van der Waals surface area (Å²) in [7, 11) is 0. The lowest BCUT2D eigenvalue weighted by atomic mass is 10.2. The summed E-state index contributed by atoms with van der Waals surface area (Å²) in [6.45, 7) is 5.85. The molecule has 0 aliphatic rings. The van der Waals surface area contributed by atoms with E-state index in [0.717, 1.165) is 5.89 Å². The Kier molecular flexibility index (Phi) is 2.32. The standard InChI is InChI=1S/C9H11NO/c1-4-5-8-6-10-9(11-8)7(2)3/h6-7H,1-3H3. The zero-order chi connectivity index (χ0) is 8.27. The number of hydrogen-bond donors (Lipinski definition) is 0. The van der Waals surface area contributed by atoms with Crippen LogP contribution >= 0.6 is 0 Å². The SMILES string of the molecule is CC#Cc1cnc(C(C)C)o1. The second kappa shape index (κ2) is 3.25. The van der Waals surface area contributed by atoms with Gasteiger partial charge in [-0.1, -0.05) is 19.8 Å². The molecule has 1 aromatic heterocycles.